The van der Waals surface area contributed by atoms with E-state index in [0.29, 0.717) is 12.2 Å². The topological polar surface area (TPSA) is 98.8 Å². The SMILES string of the molecule is CC(=O)Nc1ccc(S(=O)(=O)N(C)CC(=O)NCC(C)(C)CN(C)C)cc1. The van der Waals surface area contributed by atoms with E-state index in [4.69, 9.17) is 0 Å². The van der Waals surface area contributed by atoms with Gasteiger partial charge < -0.3 is 15.5 Å². The van der Waals surface area contributed by atoms with E-state index in [1.165, 1.54) is 38.2 Å². The van der Waals surface area contributed by atoms with E-state index in [0.717, 1.165) is 10.8 Å². The highest BCUT2D eigenvalue weighted by atomic mass is 32.2. The number of anilines is 1. The molecule has 0 atom stereocenters. The molecular weight excluding hydrogens is 368 g/mol. The zero-order valence-electron chi connectivity index (χ0n) is 16.9. The minimum absolute atomic E-state index is 0.0554. The molecule has 0 aliphatic rings. The standard InChI is InChI=1S/C18H30N4O4S/c1-14(23)20-15-7-9-16(10-8-15)27(25,26)22(6)11-17(24)19-12-18(2,3)13-21(4)5/h7-10H,11-13H2,1-6H3,(H,19,24)(H,20,23). The molecule has 0 spiro atoms. The average Bonchev–Trinajstić information content (AvgIpc) is 2.51. The quantitative estimate of drug-likeness (QED) is 0.646. The van der Waals surface area contributed by atoms with Crippen LogP contribution in [-0.4, -0.2) is 70.2 Å². The van der Waals surface area contributed by atoms with Crippen LogP contribution in [0.3, 0.4) is 0 Å². The number of hydrogen-bond donors (Lipinski definition) is 2. The summed E-state index contributed by atoms with van der Waals surface area (Å²) in [6, 6.07) is 5.81. The Morgan fingerprint density at radius 3 is 2.11 bits per heavy atom. The van der Waals surface area contributed by atoms with Crippen LogP contribution in [0.1, 0.15) is 20.8 Å². The zero-order chi connectivity index (χ0) is 20.8. The van der Waals surface area contributed by atoms with E-state index in [1.54, 1.807) is 0 Å². The molecule has 9 heteroatoms. The summed E-state index contributed by atoms with van der Waals surface area (Å²) >= 11 is 0. The van der Waals surface area contributed by atoms with Gasteiger partial charge in [0.05, 0.1) is 11.4 Å². The van der Waals surface area contributed by atoms with Gasteiger partial charge in [-0.15, -0.1) is 0 Å². The lowest BCUT2D eigenvalue weighted by Gasteiger charge is -2.28. The number of carbonyl (C=O) groups excluding carboxylic acids is 2. The molecule has 2 amide bonds. The number of benzene rings is 1. The van der Waals surface area contributed by atoms with Crippen LogP contribution in [0.4, 0.5) is 5.69 Å². The summed E-state index contributed by atoms with van der Waals surface area (Å²) in [5.74, 6) is -0.598. The lowest BCUT2D eigenvalue weighted by atomic mass is 9.93. The van der Waals surface area contributed by atoms with Crippen molar-refractivity contribution in [2.24, 2.45) is 5.41 Å². The molecule has 8 nitrogen and oxygen atoms in total. The third-order valence-electron chi connectivity index (χ3n) is 3.76. The van der Waals surface area contributed by atoms with Gasteiger partial charge in [-0.1, -0.05) is 13.8 Å². The fourth-order valence-electron chi connectivity index (χ4n) is 2.69. The van der Waals surface area contributed by atoms with Gasteiger partial charge in [-0.2, -0.15) is 4.31 Å². The minimum atomic E-state index is -3.80. The predicted octanol–water partition coefficient (Wildman–Crippen LogP) is 0.970. The molecule has 0 heterocycles. The van der Waals surface area contributed by atoms with Gasteiger partial charge in [0.15, 0.2) is 0 Å². The number of amides is 2. The first-order valence-electron chi connectivity index (χ1n) is 8.59. The van der Waals surface area contributed by atoms with E-state index in [9.17, 15) is 18.0 Å². The first-order valence-corrected chi connectivity index (χ1v) is 10.0. The van der Waals surface area contributed by atoms with Gasteiger partial charge in [0.25, 0.3) is 0 Å². The van der Waals surface area contributed by atoms with Crippen molar-refractivity contribution < 1.29 is 18.0 Å². The van der Waals surface area contributed by atoms with Crippen LogP contribution in [0.15, 0.2) is 29.2 Å². The minimum Gasteiger partial charge on any atom is -0.354 e. The van der Waals surface area contributed by atoms with E-state index in [2.05, 4.69) is 10.6 Å². The van der Waals surface area contributed by atoms with Gasteiger partial charge in [0, 0.05) is 32.7 Å². The summed E-state index contributed by atoms with van der Waals surface area (Å²) in [4.78, 5) is 25.3. The highest BCUT2D eigenvalue weighted by Gasteiger charge is 2.24. The Morgan fingerprint density at radius 1 is 1.07 bits per heavy atom. The van der Waals surface area contributed by atoms with Crippen molar-refractivity contribution in [2.75, 3.05) is 46.1 Å². The molecule has 0 saturated carbocycles. The largest absolute Gasteiger partial charge is 0.354 e. The lowest BCUT2D eigenvalue weighted by molar-refractivity contribution is -0.121. The molecule has 1 aromatic rings. The van der Waals surface area contributed by atoms with Crippen LogP contribution >= 0.6 is 0 Å². The van der Waals surface area contributed by atoms with Gasteiger partial charge in [0.1, 0.15) is 0 Å². The maximum absolute atomic E-state index is 12.6. The summed E-state index contributed by atoms with van der Waals surface area (Å²) in [6.45, 7) is 6.41. The van der Waals surface area contributed by atoms with E-state index in [-0.39, 0.29) is 28.7 Å². The molecule has 0 aliphatic carbocycles. The molecule has 1 rings (SSSR count). The molecule has 0 saturated heterocycles. The van der Waals surface area contributed by atoms with Gasteiger partial charge >= 0.3 is 0 Å². The fourth-order valence-corrected chi connectivity index (χ4v) is 3.81. The maximum Gasteiger partial charge on any atom is 0.243 e. The fraction of sp³-hybridized carbons (Fsp3) is 0.556. The van der Waals surface area contributed by atoms with Gasteiger partial charge in [-0.05, 0) is 43.8 Å². The van der Waals surface area contributed by atoms with Gasteiger partial charge in [0.2, 0.25) is 21.8 Å². The summed E-state index contributed by atoms with van der Waals surface area (Å²) < 4.78 is 26.2. The number of nitrogens with zero attached hydrogens (tertiary/aromatic N) is 2. The summed E-state index contributed by atoms with van der Waals surface area (Å²) in [6.07, 6.45) is 0. The Labute approximate surface area is 162 Å². The number of likely N-dealkylation sites (N-methyl/N-ethyl adjacent to an activating group) is 1. The maximum atomic E-state index is 12.6. The van der Waals surface area contributed by atoms with Crippen LogP contribution in [-0.2, 0) is 19.6 Å². The van der Waals surface area contributed by atoms with Crippen molar-refractivity contribution in [2.45, 2.75) is 25.7 Å². The molecule has 0 radical (unpaired) electrons. The Kier molecular flexibility index (Phi) is 7.94. The Balaban J connectivity index is 2.70. The second-order valence-corrected chi connectivity index (χ2v) is 9.69. The molecular formula is C18H30N4O4S. The Bertz CT molecular complexity index is 758. The van der Waals surface area contributed by atoms with E-state index >= 15 is 0 Å². The number of hydrogen-bond acceptors (Lipinski definition) is 5. The summed E-state index contributed by atoms with van der Waals surface area (Å²) in [5.41, 5.74) is 0.376. The molecule has 0 fully saturated rings. The van der Waals surface area contributed by atoms with Gasteiger partial charge in [-0.25, -0.2) is 8.42 Å². The normalized spacial score (nSPS) is 12.3. The van der Waals surface area contributed by atoms with Crippen molar-refractivity contribution in [1.29, 1.82) is 0 Å². The first kappa shape index (κ1) is 23.1. The van der Waals surface area contributed by atoms with E-state index in [1.807, 2.05) is 32.8 Å². The first-order chi connectivity index (χ1) is 12.3. The molecule has 1 aromatic carbocycles. The third kappa shape index (κ3) is 7.66. The third-order valence-corrected chi connectivity index (χ3v) is 5.58. The molecule has 0 bridgehead atoms. The van der Waals surface area contributed by atoms with Crippen LogP contribution in [0.2, 0.25) is 0 Å². The highest BCUT2D eigenvalue weighted by molar-refractivity contribution is 7.89. The van der Waals surface area contributed by atoms with Crippen molar-refractivity contribution in [3.05, 3.63) is 24.3 Å². The zero-order valence-corrected chi connectivity index (χ0v) is 17.7. The van der Waals surface area contributed by atoms with Crippen molar-refractivity contribution >= 4 is 27.5 Å². The Hall–Kier alpha value is -1.97. The van der Waals surface area contributed by atoms with Crippen LogP contribution in [0.5, 0.6) is 0 Å². The molecule has 0 unspecified atom stereocenters. The molecule has 152 valence electrons. The summed E-state index contributed by atoms with van der Waals surface area (Å²) in [7, 11) is 1.48. The number of rotatable bonds is 9. The average molecular weight is 399 g/mol. The van der Waals surface area contributed by atoms with Gasteiger partial charge in [-0.3, -0.25) is 9.59 Å². The highest BCUT2D eigenvalue weighted by Crippen LogP contribution is 2.18. The molecule has 0 aromatic heterocycles. The number of carbonyl (C=O) groups is 2. The van der Waals surface area contributed by atoms with Crippen LogP contribution < -0.4 is 10.6 Å². The smallest absolute Gasteiger partial charge is 0.243 e. The second kappa shape index (κ2) is 9.29. The second-order valence-electron chi connectivity index (χ2n) is 7.65. The number of sulfonamides is 1. The number of nitrogens with one attached hydrogen (secondary N) is 2. The molecule has 2 N–H and O–H groups in total. The monoisotopic (exact) mass is 398 g/mol. The Morgan fingerprint density at radius 2 is 1.63 bits per heavy atom. The van der Waals surface area contributed by atoms with Crippen molar-refractivity contribution in [3.8, 4) is 0 Å². The van der Waals surface area contributed by atoms with Crippen molar-refractivity contribution in [1.82, 2.24) is 14.5 Å². The van der Waals surface area contributed by atoms with Crippen LogP contribution in [0, 0.1) is 5.41 Å². The molecule has 27 heavy (non-hydrogen) atoms. The van der Waals surface area contributed by atoms with Crippen molar-refractivity contribution in [3.63, 3.8) is 0 Å². The molecule has 0 aliphatic heterocycles. The van der Waals surface area contributed by atoms with Crippen LogP contribution in [0.25, 0.3) is 0 Å². The van der Waals surface area contributed by atoms with E-state index < -0.39 is 10.0 Å². The predicted molar refractivity (Wildman–Crippen MR) is 106 cm³/mol. The lowest BCUT2D eigenvalue weighted by Crippen LogP contribution is -2.44. The summed E-state index contributed by atoms with van der Waals surface area (Å²) in [5, 5.41) is 5.37.